The Hall–Kier alpha value is -1.22. The molecule has 0 atom stereocenters. The molecule has 0 aliphatic rings. The largest absolute Gasteiger partial charge is 0.325 e. The number of nitrogens with one attached hydrogen (secondary N) is 2. The summed E-state index contributed by atoms with van der Waals surface area (Å²) in [6.07, 6.45) is 0.855. The van der Waals surface area contributed by atoms with Gasteiger partial charge in [0.2, 0.25) is 15.9 Å². The molecule has 2 rings (SSSR count). The minimum absolute atomic E-state index is 0.0754. The van der Waals surface area contributed by atoms with Gasteiger partial charge in [0.25, 0.3) is 0 Å². The summed E-state index contributed by atoms with van der Waals surface area (Å²) in [4.78, 5) is 12.0. The van der Waals surface area contributed by atoms with E-state index in [2.05, 4.69) is 41.9 Å². The van der Waals surface area contributed by atoms with Crippen molar-refractivity contribution in [2.45, 2.75) is 18.2 Å². The molecule has 128 valence electrons. The van der Waals surface area contributed by atoms with Crippen molar-refractivity contribution in [3.05, 3.63) is 57.0 Å². The monoisotopic (exact) mass is 474 g/mol. The van der Waals surface area contributed by atoms with Crippen LogP contribution in [0, 0.1) is 0 Å². The van der Waals surface area contributed by atoms with Crippen molar-refractivity contribution in [2.24, 2.45) is 0 Å². The summed E-state index contributed by atoms with van der Waals surface area (Å²) in [7, 11) is -3.79. The SMILES string of the molecule is CCc1cccc(NC(=O)CNS(=O)(=O)c2ccc(Br)cc2Br)c1. The number of aryl methyl sites for hydroxylation is 1. The van der Waals surface area contributed by atoms with Gasteiger partial charge < -0.3 is 5.32 Å². The molecule has 0 aliphatic heterocycles. The number of hydrogen-bond donors (Lipinski definition) is 2. The second kappa shape index (κ2) is 8.24. The quantitative estimate of drug-likeness (QED) is 0.668. The first-order valence-corrected chi connectivity index (χ1v) is 10.2. The lowest BCUT2D eigenvalue weighted by atomic mass is 10.1. The van der Waals surface area contributed by atoms with Gasteiger partial charge in [0.15, 0.2) is 0 Å². The molecule has 5 nitrogen and oxygen atoms in total. The minimum atomic E-state index is -3.79. The highest BCUT2D eigenvalue weighted by Crippen LogP contribution is 2.25. The Morgan fingerprint density at radius 1 is 1.12 bits per heavy atom. The number of amides is 1. The van der Waals surface area contributed by atoms with Crippen LogP contribution in [0.5, 0.6) is 0 Å². The Bertz CT molecular complexity index is 854. The maximum atomic E-state index is 12.3. The van der Waals surface area contributed by atoms with Crippen LogP contribution in [0.15, 0.2) is 56.3 Å². The van der Waals surface area contributed by atoms with E-state index in [-0.39, 0.29) is 11.4 Å². The van der Waals surface area contributed by atoms with E-state index in [0.29, 0.717) is 10.2 Å². The number of rotatable bonds is 6. The lowest BCUT2D eigenvalue weighted by Gasteiger charge is -2.10. The topological polar surface area (TPSA) is 75.3 Å². The Kier molecular flexibility index (Phi) is 6.56. The van der Waals surface area contributed by atoms with Gasteiger partial charge in [0.1, 0.15) is 0 Å². The van der Waals surface area contributed by atoms with E-state index in [1.807, 2.05) is 25.1 Å². The first-order valence-electron chi connectivity index (χ1n) is 7.15. The van der Waals surface area contributed by atoms with Crippen molar-refractivity contribution in [3.63, 3.8) is 0 Å². The molecule has 8 heteroatoms. The van der Waals surface area contributed by atoms with Crippen molar-refractivity contribution >= 4 is 53.5 Å². The fourth-order valence-electron chi connectivity index (χ4n) is 2.01. The maximum absolute atomic E-state index is 12.3. The molecule has 2 aromatic rings. The average molecular weight is 476 g/mol. The van der Waals surface area contributed by atoms with Crippen LogP contribution < -0.4 is 10.0 Å². The molecule has 0 saturated heterocycles. The zero-order chi connectivity index (χ0) is 17.7. The number of hydrogen-bond acceptors (Lipinski definition) is 3. The fourth-order valence-corrected chi connectivity index (χ4v) is 4.73. The molecule has 0 heterocycles. The van der Waals surface area contributed by atoms with Crippen molar-refractivity contribution in [2.75, 3.05) is 11.9 Å². The number of carbonyl (C=O) groups is 1. The van der Waals surface area contributed by atoms with Crippen LogP contribution in [0.4, 0.5) is 5.69 Å². The molecule has 0 fully saturated rings. The lowest BCUT2D eigenvalue weighted by Crippen LogP contribution is -2.33. The van der Waals surface area contributed by atoms with E-state index in [9.17, 15) is 13.2 Å². The first kappa shape index (κ1) is 19.1. The van der Waals surface area contributed by atoms with Crippen molar-refractivity contribution < 1.29 is 13.2 Å². The predicted octanol–water partition coefficient (Wildman–Crippen LogP) is 3.69. The van der Waals surface area contributed by atoms with E-state index in [4.69, 9.17) is 0 Å². The number of carbonyl (C=O) groups excluding carboxylic acids is 1. The van der Waals surface area contributed by atoms with E-state index < -0.39 is 15.9 Å². The van der Waals surface area contributed by atoms with Gasteiger partial charge in [0.05, 0.1) is 11.4 Å². The minimum Gasteiger partial charge on any atom is -0.325 e. The van der Waals surface area contributed by atoms with Crippen LogP contribution in [0.25, 0.3) is 0 Å². The number of sulfonamides is 1. The van der Waals surface area contributed by atoms with Gasteiger partial charge in [-0.25, -0.2) is 13.1 Å². The molecule has 0 unspecified atom stereocenters. The Morgan fingerprint density at radius 3 is 2.54 bits per heavy atom. The summed E-state index contributed by atoms with van der Waals surface area (Å²) in [5.41, 5.74) is 1.73. The van der Waals surface area contributed by atoms with Crippen molar-refractivity contribution in [1.82, 2.24) is 4.72 Å². The van der Waals surface area contributed by atoms with Gasteiger partial charge in [0, 0.05) is 14.6 Å². The van der Waals surface area contributed by atoms with Crippen LogP contribution >= 0.6 is 31.9 Å². The molecule has 0 saturated carbocycles. The third kappa shape index (κ3) is 5.14. The van der Waals surface area contributed by atoms with Crippen LogP contribution in [-0.4, -0.2) is 20.9 Å². The summed E-state index contributed by atoms with van der Waals surface area (Å²) in [6, 6.07) is 12.1. The number of halogens is 2. The zero-order valence-electron chi connectivity index (χ0n) is 12.8. The van der Waals surface area contributed by atoms with Crippen LogP contribution in [0.1, 0.15) is 12.5 Å². The van der Waals surface area contributed by atoms with E-state index in [0.717, 1.165) is 16.5 Å². The lowest BCUT2D eigenvalue weighted by molar-refractivity contribution is -0.115. The molecular weight excluding hydrogens is 460 g/mol. The molecule has 0 radical (unpaired) electrons. The first-order chi connectivity index (χ1) is 11.3. The number of anilines is 1. The van der Waals surface area contributed by atoms with Gasteiger partial charge in [-0.2, -0.15) is 0 Å². The fraction of sp³-hybridized carbons (Fsp3) is 0.188. The molecular formula is C16H16Br2N2O3S. The normalized spacial score (nSPS) is 11.3. The van der Waals surface area contributed by atoms with E-state index in [1.54, 1.807) is 18.2 Å². The Labute approximate surface area is 158 Å². The summed E-state index contributed by atoms with van der Waals surface area (Å²) < 4.78 is 28.0. The summed E-state index contributed by atoms with van der Waals surface area (Å²) >= 11 is 6.47. The van der Waals surface area contributed by atoms with Crippen molar-refractivity contribution in [3.8, 4) is 0 Å². The highest BCUT2D eigenvalue weighted by molar-refractivity contribution is 9.11. The van der Waals surface area contributed by atoms with Crippen LogP contribution in [0.3, 0.4) is 0 Å². The Morgan fingerprint density at radius 2 is 1.88 bits per heavy atom. The zero-order valence-corrected chi connectivity index (χ0v) is 16.8. The molecule has 0 aliphatic carbocycles. The average Bonchev–Trinajstić information content (AvgIpc) is 2.53. The summed E-state index contributed by atoms with van der Waals surface area (Å²) in [5.74, 6) is -0.430. The maximum Gasteiger partial charge on any atom is 0.242 e. The third-order valence-corrected chi connectivity index (χ3v) is 6.10. The van der Waals surface area contributed by atoms with Crippen molar-refractivity contribution in [1.29, 1.82) is 0 Å². The molecule has 1 amide bonds. The van der Waals surface area contributed by atoms with Gasteiger partial charge >= 0.3 is 0 Å². The third-order valence-electron chi connectivity index (χ3n) is 3.23. The van der Waals surface area contributed by atoms with Crippen LogP contribution in [0.2, 0.25) is 0 Å². The molecule has 0 aromatic heterocycles. The second-order valence-corrected chi connectivity index (χ2v) is 8.51. The van der Waals surface area contributed by atoms with E-state index in [1.165, 1.54) is 6.07 Å². The summed E-state index contributed by atoms with van der Waals surface area (Å²) in [6.45, 7) is 1.67. The second-order valence-electron chi connectivity index (χ2n) is 5.00. The molecule has 0 spiro atoms. The Balaban J connectivity index is 2.02. The smallest absolute Gasteiger partial charge is 0.242 e. The van der Waals surface area contributed by atoms with Gasteiger partial charge in [-0.05, 0) is 58.2 Å². The van der Waals surface area contributed by atoms with Crippen LogP contribution in [-0.2, 0) is 21.2 Å². The molecule has 24 heavy (non-hydrogen) atoms. The number of benzene rings is 2. The summed E-state index contributed by atoms with van der Waals surface area (Å²) in [5, 5.41) is 2.68. The highest BCUT2D eigenvalue weighted by atomic mass is 79.9. The molecule has 0 bridgehead atoms. The van der Waals surface area contributed by atoms with E-state index >= 15 is 0 Å². The van der Waals surface area contributed by atoms with Gasteiger partial charge in [-0.1, -0.05) is 35.0 Å². The molecule has 2 N–H and O–H groups in total. The van der Waals surface area contributed by atoms with Gasteiger partial charge in [-0.3, -0.25) is 4.79 Å². The standard InChI is InChI=1S/C16H16Br2N2O3S/c1-2-11-4-3-5-13(8-11)20-16(21)10-19-24(22,23)15-7-6-12(17)9-14(15)18/h3-9,19H,2,10H2,1H3,(H,20,21). The highest BCUT2D eigenvalue weighted by Gasteiger charge is 2.18. The van der Waals surface area contributed by atoms with Gasteiger partial charge in [-0.15, -0.1) is 0 Å². The molecule has 2 aromatic carbocycles. The predicted molar refractivity (Wildman–Crippen MR) is 101 cm³/mol.